The summed E-state index contributed by atoms with van der Waals surface area (Å²) in [7, 11) is 0. The number of aryl methyl sites for hydroxylation is 1. The number of carbonyl (C=O) groups excluding carboxylic acids is 1. The number of hydrogen-bond donors (Lipinski definition) is 0. The third-order valence-corrected chi connectivity index (χ3v) is 5.98. The summed E-state index contributed by atoms with van der Waals surface area (Å²) in [6.07, 6.45) is 2.19. The molecule has 0 saturated carbocycles. The molecule has 1 aliphatic rings. The number of nitrogens with zero attached hydrogens (tertiary/aromatic N) is 1. The molecule has 0 bridgehead atoms. The molecule has 138 valence electrons. The lowest BCUT2D eigenvalue weighted by Gasteiger charge is -2.30. The minimum absolute atomic E-state index is 0.133. The van der Waals surface area contributed by atoms with Crippen LogP contribution in [0.15, 0.2) is 45.3 Å². The largest absolute Gasteiger partial charge is 0.487 e. The van der Waals surface area contributed by atoms with E-state index in [-0.39, 0.29) is 5.91 Å². The zero-order valence-electron chi connectivity index (χ0n) is 15.1. The van der Waals surface area contributed by atoms with Crippen molar-refractivity contribution in [3.05, 3.63) is 62.0 Å². The van der Waals surface area contributed by atoms with Crippen molar-refractivity contribution in [2.45, 2.75) is 33.3 Å². The van der Waals surface area contributed by atoms with Crippen molar-refractivity contribution in [2.24, 2.45) is 5.92 Å². The smallest absolute Gasteiger partial charge is 0.253 e. The Bertz CT molecular complexity index is 758. The second kappa shape index (κ2) is 8.57. The average Bonchev–Trinajstić information content (AvgIpc) is 2.61. The molecule has 3 rings (SSSR count). The fraction of sp³-hybridized carbons (Fsp3) is 0.381. The monoisotopic (exact) mass is 479 g/mol. The van der Waals surface area contributed by atoms with Gasteiger partial charge in [-0.25, -0.2) is 0 Å². The van der Waals surface area contributed by atoms with Crippen molar-refractivity contribution in [3.63, 3.8) is 0 Å². The van der Waals surface area contributed by atoms with E-state index in [4.69, 9.17) is 4.74 Å². The summed E-state index contributed by atoms with van der Waals surface area (Å²) in [5.74, 6) is 1.64. The van der Waals surface area contributed by atoms with Crippen LogP contribution in [-0.4, -0.2) is 23.9 Å². The van der Waals surface area contributed by atoms with Gasteiger partial charge in [-0.15, -0.1) is 0 Å². The van der Waals surface area contributed by atoms with E-state index in [2.05, 4.69) is 38.8 Å². The van der Waals surface area contributed by atoms with E-state index in [0.29, 0.717) is 6.61 Å². The second-order valence-electron chi connectivity index (χ2n) is 7.02. The van der Waals surface area contributed by atoms with E-state index >= 15 is 0 Å². The first kappa shape index (κ1) is 19.4. The topological polar surface area (TPSA) is 29.5 Å². The molecule has 0 spiro atoms. The summed E-state index contributed by atoms with van der Waals surface area (Å²) in [5.41, 5.74) is 2.94. The number of ether oxygens (including phenoxy) is 1. The number of piperidine rings is 1. The molecule has 0 unspecified atom stereocenters. The van der Waals surface area contributed by atoms with Crippen LogP contribution in [0.2, 0.25) is 0 Å². The average molecular weight is 481 g/mol. The number of likely N-dealkylation sites (tertiary alicyclic amines) is 1. The van der Waals surface area contributed by atoms with E-state index in [1.165, 1.54) is 0 Å². The maximum absolute atomic E-state index is 12.6. The number of amides is 1. The van der Waals surface area contributed by atoms with Crippen LogP contribution in [0.3, 0.4) is 0 Å². The first-order valence-electron chi connectivity index (χ1n) is 8.90. The Morgan fingerprint density at radius 1 is 1.12 bits per heavy atom. The van der Waals surface area contributed by atoms with Gasteiger partial charge in [0.25, 0.3) is 5.91 Å². The molecule has 1 aliphatic heterocycles. The lowest BCUT2D eigenvalue weighted by atomic mass is 9.98. The molecule has 1 fully saturated rings. The standard InChI is InChI=1S/C21H23Br2NO2/c1-14-7-9-24(10-8-14)21(25)17-5-3-16(4-6-17)13-26-20-18(22)11-15(2)12-19(20)23/h3-6,11-12,14H,7-10,13H2,1-2H3. The highest BCUT2D eigenvalue weighted by Crippen LogP contribution is 2.35. The Hall–Kier alpha value is -1.33. The van der Waals surface area contributed by atoms with Crippen LogP contribution in [0, 0.1) is 12.8 Å². The molecule has 0 aromatic heterocycles. The first-order valence-corrected chi connectivity index (χ1v) is 10.5. The van der Waals surface area contributed by atoms with Gasteiger partial charge in [0, 0.05) is 18.7 Å². The maximum atomic E-state index is 12.6. The number of hydrogen-bond acceptors (Lipinski definition) is 2. The van der Waals surface area contributed by atoms with Crippen molar-refractivity contribution in [1.29, 1.82) is 0 Å². The van der Waals surface area contributed by atoms with Crippen LogP contribution in [0.4, 0.5) is 0 Å². The minimum atomic E-state index is 0.133. The molecule has 26 heavy (non-hydrogen) atoms. The van der Waals surface area contributed by atoms with Crippen LogP contribution in [0.1, 0.15) is 41.3 Å². The van der Waals surface area contributed by atoms with Crippen molar-refractivity contribution in [3.8, 4) is 5.75 Å². The number of benzene rings is 2. The summed E-state index contributed by atoms with van der Waals surface area (Å²) < 4.78 is 7.80. The van der Waals surface area contributed by atoms with E-state index in [9.17, 15) is 4.79 Å². The Morgan fingerprint density at radius 2 is 1.69 bits per heavy atom. The molecule has 0 atom stereocenters. The molecule has 2 aromatic carbocycles. The van der Waals surface area contributed by atoms with Crippen LogP contribution < -0.4 is 4.74 Å². The summed E-state index contributed by atoms with van der Waals surface area (Å²) >= 11 is 7.09. The molecule has 5 heteroatoms. The van der Waals surface area contributed by atoms with Crippen molar-refractivity contribution >= 4 is 37.8 Å². The Labute approximate surface area is 172 Å². The molecule has 0 N–H and O–H groups in total. The lowest BCUT2D eigenvalue weighted by Crippen LogP contribution is -2.37. The maximum Gasteiger partial charge on any atom is 0.253 e. The van der Waals surface area contributed by atoms with Crippen LogP contribution in [-0.2, 0) is 6.61 Å². The summed E-state index contributed by atoms with van der Waals surface area (Å²) in [6.45, 7) is 6.47. The van der Waals surface area contributed by atoms with Crippen LogP contribution in [0.25, 0.3) is 0 Å². The lowest BCUT2D eigenvalue weighted by molar-refractivity contribution is 0.0697. The van der Waals surface area contributed by atoms with Gasteiger partial charge < -0.3 is 9.64 Å². The zero-order valence-corrected chi connectivity index (χ0v) is 18.3. The van der Waals surface area contributed by atoms with E-state index < -0.39 is 0 Å². The normalized spacial score (nSPS) is 15.2. The van der Waals surface area contributed by atoms with Gasteiger partial charge in [-0.2, -0.15) is 0 Å². The number of carbonyl (C=O) groups is 1. The molecule has 0 radical (unpaired) electrons. The van der Waals surface area contributed by atoms with E-state index in [1.54, 1.807) is 0 Å². The Balaban J connectivity index is 1.62. The van der Waals surface area contributed by atoms with Crippen LogP contribution in [0.5, 0.6) is 5.75 Å². The van der Waals surface area contributed by atoms with Crippen molar-refractivity contribution in [2.75, 3.05) is 13.1 Å². The zero-order chi connectivity index (χ0) is 18.7. The quantitative estimate of drug-likeness (QED) is 0.539. The minimum Gasteiger partial charge on any atom is -0.487 e. The number of rotatable bonds is 4. The van der Waals surface area contributed by atoms with Gasteiger partial charge in [-0.3, -0.25) is 4.79 Å². The van der Waals surface area contributed by atoms with Gasteiger partial charge in [-0.05, 0) is 92.9 Å². The van der Waals surface area contributed by atoms with Gasteiger partial charge >= 0.3 is 0 Å². The summed E-state index contributed by atoms with van der Waals surface area (Å²) in [6, 6.07) is 11.8. The third kappa shape index (κ3) is 4.68. The highest BCUT2D eigenvalue weighted by atomic mass is 79.9. The van der Waals surface area contributed by atoms with Crippen molar-refractivity contribution in [1.82, 2.24) is 4.90 Å². The van der Waals surface area contributed by atoms with Crippen LogP contribution >= 0.6 is 31.9 Å². The summed E-state index contributed by atoms with van der Waals surface area (Å²) in [5, 5.41) is 0. The fourth-order valence-electron chi connectivity index (χ4n) is 3.12. The highest BCUT2D eigenvalue weighted by Gasteiger charge is 2.21. The first-order chi connectivity index (χ1) is 12.4. The highest BCUT2D eigenvalue weighted by molar-refractivity contribution is 9.11. The molecule has 1 heterocycles. The third-order valence-electron chi connectivity index (χ3n) is 4.80. The Morgan fingerprint density at radius 3 is 2.27 bits per heavy atom. The molecule has 3 nitrogen and oxygen atoms in total. The second-order valence-corrected chi connectivity index (χ2v) is 8.73. The van der Waals surface area contributed by atoms with E-state index in [0.717, 1.165) is 63.2 Å². The van der Waals surface area contributed by atoms with Crippen molar-refractivity contribution < 1.29 is 9.53 Å². The van der Waals surface area contributed by atoms with Gasteiger partial charge in [0.1, 0.15) is 12.4 Å². The number of halogens is 2. The SMILES string of the molecule is Cc1cc(Br)c(OCc2ccc(C(=O)N3CCC(C)CC3)cc2)c(Br)c1. The molecule has 1 amide bonds. The van der Waals surface area contributed by atoms with Gasteiger partial charge in [0.05, 0.1) is 8.95 Å². The van der Waals surface area contributed by atoms with E-state index in [1.807, 2.05) is 48.2 Å². The van der Waals surface area contributed by atoms with Gasteiger partial charge in [0.2, 0.25) is 0 Å². The summed E-state index contributed by atoms with van der Waals surface area (Å²) in [4.78, 5) is 14.6. The predicted molar refractivity (Wildman–Crippen MR) is 112 cm³/mol. The molecule has 0 aliphatic carbocycles. The molecular formula is C21H23Br2NO2. The Kier molecular flexibility index (Phi) is 6.41. The predicted octanol–water partition coefficient (Wildman–Crippen LogP) is 5.97. The molecule has 1 saturated heterocycles. The molecule has 2 aromatic rings. The van der Waals surface area contributed by atoms with Gasteiger partial charge in [0.15, 0.2) is 0 Å². The fourth-order valence-corrected chi connectivity index (χ4v) is 4.76. The molecular weight excluding hydrogens is 458 g/mol. The van der Waals surface area contributed by atoms with Gasteiger partial charge in [-0.1, -0.05) is 19.1 Å².